The molecule has 0 atom stereocenters. The molecule has 10 nitrogen and oxygen atoms in total. The highest BCUT2D eigenvalue weighted by molar-refractivity contribution is 6.00. The third kappa shape index (κ3) is 9.13. The van der Waals surface area contributed by atoms with Gasteiger partial charge in [-0.1, -0.05) is 119 Å². The van der Waals surface area contributed by atoms with E-state index in [-0.39, 0.29) is 42.9 Å². The van der Waals surface area contributed by atoms with Crippen LogP contribution >= 0.6 is 0 Å². The molecule has 2 aliphatic rings. The number of non-ortho nitro benzene ring substituents is 2. The number of nitrogens with one attached hydrogen (secondary N) is 2. The van der Waals surface area contributed by atoms with Gasteiger partial charge >= 0.3 is 0 Å². The van der Waals surface area contributed by atoms with Crippen molar-refractivity contribution in [1.82, 2.24) is 19.9 Å². The van der Waals surface area contributed by atoms with E-state index in [1.165, 1.54) is 46.5 Å². The lowest BCUT2D eigenvalue weighted by Gasteiger charge is -2.26. The zero-order valence-corrected chi connectivity index (χ0v) is 42.1. The molecule has 2 aliphatic heterocycles. The second kappa shape index (κ2) is 17.1. The van der Waals surface area contributed by atoms with Crippen molar-refractivity contribution in [2.75, 3.05) is 0 Å². The number of nitro groups is 2. The van der Waals surface area contributed by atoms with E-state index in [1.807, 2.05) is 24.3 Å². The van der Waals surface area contributed by atoms with Gasteiger partial charge in [-0.2, -0.15) is 0 Å². The van der Waals surface area contributed by atoms with Gasteiger partial charge < -0.3 is 9.97 Å². The van der Waals surface area contributed by atoms with Crippen molar-refractivity contribution in [1.29, 1.82) is 0 Å². The van der Waals surface area contributed by atoms with Gasteiger partial charge in [-0.05, 0) is 139 Å². The minimum absolute atomic E-state index is 0.000532. The number of benzene rings is 4. The Morgan fingerprint density at radius 1 is 0.357 bits per heavy atom. The molecule has 7 aromatic rings. The minimum atomic E-state index is -0.382. The first-order valence-electron chi connectivity index (χ1n) is 23.8. The highest BCUT2D eigenvalue weighted by atomic mass is 16.6. The number of hydrogen-bond donors (Lipinski definition) is 2. The molecule has 354 valence electrons. The highest BCUT2D eigenvalue weighted by Crippen LogP contribution is 2.42. The average Bonchev–Trinajstić information content (AvgIpc) is 4.14. The minimum Gasteiger partial charge on any atom is -0.354 e. The molecule has 0 fully saturated rings. The zero-order valence-electron chi connectivity index (χ0n) is 42.1. The summed E-state index contributed by atoms with van der Waals surface area (Å²) in [4.78, 5) is 41.7. The molecule has 0 saturated carbocycles. The number of rotatable bonds is 6. The third-order valence-electron chi connectivity index (χ3n) is 13.4. The number of aromatic nitrogens is 4. The van der Waals surface area contributed by atoms with Crippen LogP contribution in [0.15, 0.2) is 109 Å². The Bertz CT molecular complexity index is 3210. The smallest absolute Gasteiger partial charge is 0.269 e. The maximum Gasteiger partial charge on any atom is 0.269 e. The fourth-order valence-electron chi connectivity index (χ4n) is 9.20. The van der Waals surface area contributed by atoms with Crippen LogP contribution in [0.25, 0.3) is 90.9 Å². The highest BCUT2D eigenvalue weighted by Gasteiger charge is 2.26. The van der Waals surface area contributed by atoms with Crippen molar-refractivity contribution < 1.29 is 9.85 Å². The van der Waals surface area contributed by atoms with Crippen LogP contribution in [0.4, 0.5) is 11.4 Å². The monoisotopic (exact) mass is 928 g/mol. The molecule has 0 spiro atoms. The number of hydrogen-bond acceptors (Lipinski definition) is 6. The van der Waals surface area contributed by atoms with E-state index in [0.29, 0.717) is 11.4 Å². The molecule has 4 aromatic carbocycles. The van der Waals surface area contributed by atoms with Gasteiger partial charge in [0.15, 0.2) is 0 Å². The second-order valence-corrected chi connectivity index (χ2v) is 22.7. The van der Waals surface area contributed by atoms with Gasteiger partial charge in [0.2, 0.25) is 0 Å². The molecule has 5 heterocycles. The molecule has 9 rings (SSSR count). The summed E-state index contributed by atoms with van der Waals surface area (Å²) in [5.41, 5.74) is 17.0. The molecule has 3 aromatic heterocycles. The maximum atomic E-state index is 11.9. The molecular formula is C60H60N6O4. The topological polar surface area (TPSA) is 144 Å². The molecule has 0 amide bonds. The standard InChI is InChI=1S/C60H60N6O4/c1-57(2,3)39-29-37(30-40(33-39)58(4,5)6)55-49-25-21-45(61-49)53(35-13-17-43(18-14-35)65(67)68)47-23-27-51(63-47)56(38-31-41(59(7,8)9)34-42(32-38)60(10,11)12)52-28-24-48(64-52)54(46-22-26-50(55)62-46)36-15-19-44(20-16-36)66(69)70/h13-34,61,64H,1-12H3. The Morgan fingerprint density at radius 2 is 0.600 bits per heavy atom. The first-order valence-corrected chi connectivity index (χ1v) is 23.8. The Balaban J connectivity index is 1.49. The lowest BCUT2D eigenvalue weighted by Crippen LogP contribution is -2.16. The van der Waals surface area contributed by atoms with Gasteiger partial charge in [0, 0.05) is 68.6 Å². The van der Waals surface area contributed by atoms with Crippen LogP contribution in [0, 0.1) is 20.2 Å². The lowest BCUT2D eigenvalue weighted by molar-refractivity contribution is -0.385. The van der Waals surface area contributed by atoms with Gasteiger partial charge in [-0.25, -0.2) is 9.97 Å². The predicted octanol–water partition coefficient (Wildman–Crippen LogP) is 16.3. The van der Waals surface area contributed by atoms with Crippen LogP contribution in [-0.2, 0) is 21.7 Å². The summed E-state index contributed by atoms with van der Waals surface area (Å²) in [5, 5.41) is 23.8. The van der Waals surface area contributed by atoms with Crippen LogP contribution in [0.3, 0.4) is 0 Å². The normalized spacial score (nSPS) is 13.0. The SMILES string of the molecule is CC(C)(C)c1cc(-c2c3nc(c(-c4ccc([N+](=O)[O-])cc4)c4ccc([nH]4)c(-c4cc(C(C)(C)C)cc(C(C)(C)C)c4)c4nc(c(-c5ccc([N+](=O)[O-])cc5)c5ccc2[nH]5)C=C4)C=C3)cc(C(C)(C)C)c1. The largest absolute Gasteiger partial charge is 0.354 e. The van der Waals surface area contributed by atoms with E-state index in [9.17, 15) is 20.2 Å². The summed E-state index contributed by atoms with van der Waals surface area (Å²) >= 11 is 0. The van der Waals surface area contributed by atoms with Crippen molar-refractivity contribution in [3.8, 4) is 44.5 Å². The van der Waals surface area contributed by atoms with E-state index >= 15 is 0 Å². The number of nitrogens with zero attached hydrogens (tertiary/aromatic N) is 4. The summed E-state index contributed by atoms with van der Waals surface area (Å²) in [6, 6.07) is 35.2. The zero-order chi connectivity index (χ0) is 50.2. The number of nitro benzene ring substituents is 2. The molecule has 8 bridgehead atoms. The van der Waals surface area contributed by atoms with E-state index in [1.54, 1.807) is 24.3 Å². The summed E-state index contributed by atoms with van der Waals surface area (Å²) in [7, 11) is 0. The van der Waals surface area contributed by atoms with Crippen LogP contribution in [-0.4, -0.2) is 29.8 Å². The lowest BCUT2D eigenvalue weighted by atomic mass is 9.78. The molecule has 0 radical (unpaired) electrons. The third-order valence-corrected chi connectivity index (χ3v) is 13.4. The Hall–Kier alpha value is -7.72. The second-order valence-electron chi connectivity index (χ2n) is 22.7. The summed E-state index contributed by atoms with van der Waals surface area (Å²) in [6.07, 6.45) is 8.15. The van der Waals surface area contributed by atoms with Gasteiger partial charge in [0.05, 0.1) is 32.6 Å². The van der Waals surface area contributed by atoms with Crippen molar-refractivity contribution in [3.63, 3.8) is 0 Å². The Kier molecular flexibility index (Phi) is 11.5. The van der Waals surface area contributed by atoms with Crippen LogP contribution in [0.5, 0.6) is 0 Å². The van der Waals surface area contributed by atoms with Gasteiger partial charge in [-0.3, -0.25) is 20.2 Å². The van der Waals surface area contributed by atoms with Crippen LogP contribution in [0.2, 0.25) is 0 Å². The number of H-pyrrole nitrogens is 2. The van der Waals surface area contributed by atoms with Crippen molar-refractivity contribution >= 4 is 57.7 Å². The van der Waals surface area contributed by atoms with Crippen molar-refractivity contribution in [3.05, 3.63) is 174 Å². The van der Waals surface area contributed by atoms with Crippen molar-refractivity contribution in [2.24, 2.45) is 0 Å². The number of fused-ring (bicyclic) bond motifs is 8. The molecule has 0 aliphatic carbocycles. The summed E-state index contributed by atoms with van der Waals surface area (Å²) in [5.74, 6) is 0. The fraction of sp³-hybridized carbons (Fsp3) is 0.267. The Morgan fingerprint density at radius 3 is 0.829 bits per heavy atom. The average molecular weight is 929 g/mol. The van der Waals surface area contributed by atoms with Gasteiger partial charge in [0.1, 0.15) is 0 Å². The first kappa shape index (κ1) is 47.4. The van der Waals surface area contributed by atoms with Crippen LogP contribution < -0.4 is 0 Å². The molecule has 10 heteroatoms. The summed E-state index contributed by atoms with van der Waals surface area (Å²) < 4.78 is 0. The Labute approximate surface area is 409 Å². The van der Waals surface area contributed by atoms with Crippen molar-refractivity contribution in [2.45, 2.75) is 105 Å². The molecule has 70 heavy (non-hydrogen) atoms. The quantitative estimate of drug-likeness (QED) is 0.125. The molecule has 0 saturated heterocycles. The number of aromatic amines is 2. The molecule has 2 N–H and O–H groups in total. The van der Waals surface area contributed by atoms with Gasteiger partial charge in [-0.15, -0.1) is 0 Å². The van der Waals surface area contributed by atoms with E-state index in [2.05, 4.69) is 154 Å². The maximum absolute atomic E-state index is 11.9. The van der Waals surface area contributed by atoms with Gasteiger partial charge in [0.25, 0.3) is 11.4 Å². The van der Waals surface area contributed by atoms with E-state index in [0.717, 1.165) is 78.0 Å². The van der Waals surface area contributed by atoms with Crippen LogP contribution in [0.1, 0.15) is 128 Å². The molecular weight excluding hydrogens is 869 g/mol. The van der Waals surface area contributed by atoms with E-state index < -0.39 is 0 Å². The van der Waals surface area contributed by atoms with E-state index in [4.69, 9.17) is 9.97 Å². The predicted molar refractivity (Wildman–Crippen MR) is 289 cm³/mol. The molecule has 0 unspecified atom stereocenters. The summed E-state index contributed by atoms with van der Waals surface area (Å²) in [6.45, 7) is 26.7. The fourth-order valence-corrected chi connectivity index (χ4v) is 9.20. The first-order chi connectivity index (χ1) is 32.8.